The molecular weight excluding hydrogens is 148 g/mol. The van der Waals surface area contributed by atoms with Gasteiger partial charge in [-0.05, 0) is 25.5 Å². The molecule has 0 bridgehead atoms. The molecule has 1 saturated heterocycles. The van der Waals surface area contributed by atoms with Gasteiger partial charge in [-0.1, -0.05) is 12.2 Å². The molecule has 0 aromatic heterocycles. The van der Waals surface area contributed by atoms with Gasteiger partial charge in [0.05, 0.1) is 0 Å². The molecular formula is C10H16N2. The van der Waals surface area contributed by atoms with Gasteiger partial charge in [0.25, 0.3) is 0 Å². The van der Waals surface area contributed by atoms with Gasteiger partial charge in [-0.2, -0.15) is 0 Å². The average molecular weight is 164 g/mol. The molecule has 0 amide bonds. The Morgan fingerprint density at radius 3 is 3.42 bits per heavy atom. The first kappa shape index (κ1) is 7.87. The van der Waals surface area contributed by atoms with E-state index in [0.717, 1.165) is 19.0 Å². The third-order valence-electron chi connectivity index (χ3n) is 2.77. The van der Waals surface area contributed by atoms with Crippen molar-refractivity contribution in [2.45, 2.75) is 6.42 Å². The smallest absolute Gasteiger partial charge is 0.0150 e. The average Bonchev–Trinajstić information content (AvgIpc) is 2.53. The van der Waals surface area contributed by atoms with Crippen LogP contribution < -0.4 is 10.6 Å². The highest BCUT2D eigenvalue weighted by molar-refractivity contribution is 5.24. The standard InChI is InChI=1S/C10H16N2/c1-11-7-8-3-2-4-10-9(8)5-6-12-10/h2-4,8-9,11-12H,5-7H2,1H3. The summed E-state index contributed by atoms with van der Waals surface area (Å²) in [5.41, 5.74) is 1.44. The molecule has 0 aromatic carbocycles. The van der Waals surface area contributed by atoms with Gasteiger partial charge in [-0.25, -0.2) is 0 Å². The van der Waals surface area contributed by atoms with E-state index >= 15 is 0 Å². The van der Waals surface area contributed by atoms with E-state index in [4.69, 9.17) is 0 Å². The Hall–Kier alpha value is -0.760. The maximum atomic E-state index is 3.43. The molecule has 66 valence electrons. The monoisotopic (exact) mass is 164 g/mol. The highest BCUT2D eigenvalue weighted by atomic mass is 14.9. The molecule has 1 aliphatic heterocycles. The van der Waals surface area contributed by atoms with Crippen LogP contribution in [-0.2, 0) is 0 Å². The lowest BCUT2D eigenvalue weighted by molar-refractivity contribution is 0.444. The van der Waals surface area contributed by atoms with Crippen LogP contribution in [0.15, 0.2) is 23.9 Å². The number of rotatable bonds is 2. The predicted octanol–water partition coefficient (Wildman–Crippen LogP) is 0.885. The first-order valence-electron chi connectivity index (χ1n) is 4.68. The Kier molecular flexibility index (Phi) is 2.17. The van der Waals surface area contributed by atoms with Crippen molar-refractivity contribution >= 4 is 0 Å². The maximum absolute atomic E-state index is 3.43. The van der Waals surface area contributed by atoms with Crippen molar-refractivity contribution in [3.8, 4) is 0 Å². The van der Waals surface area contributed by atoms with Gasteiger partial charge in [-0.3, -0.25) is 0 Å². The lowest BCUT2D eigenvalue weighted by atomic mass is 9.86. The van der Waals surface area contributed by atoms with Crippen LogP contribution >= 0.6 is 0 Å². The van der Waals surface area contributed by atoms with Crippen molar-refractivity contribution in [1.82, 2.24) is 10.6 Å². The second kappa shape index (κ2) is 3.31. The van der Waals surface area contributed by atoms with Crippen LogP contribution in [0.3, 0.4) is 0 Å². The summed E-state index contributed by atoms with van der Waals surface area (Å²) in [5.74, 6) is 1.45. The number of fused-ring (bicyclic) bond motifs is 1. The summed E-state index contributed by atoms with van der Waals surface area (Å²) in [7, 11) is 2.02. The molecule has 1 heterocycles. The molecule has 1 aliphatic carbocycles. The fourth-order valence-electron chi connectivity index (χ4n) is 2.17. The molecule has 1 fully saturated rings. The minimum Gasteiger partial charge on any atom is -0.388 e. The van der Waals surface area contributed by atoms with Crippen LogP contribution in [0.1, 0.15) is 6.42 Å². The molecule has 2 aliphatic rings. The van der Waals surface area contributed by atoms with Gasteiger partial charge in [0.15, 0.2) is 0 Å². The molecule has 2 N–H and O–H groups in total. The van der Waals surface area contributed by atoms with E-state index in [1.54, 1.807) is 0 Å². The van der Waals surface area contributed by atoms with Crippen LogP contribution in [0, 0.1) is 11.8 Å². The van der Waals surface area contributed by atoms with Crippen LogP contribution in [-0.4, -0.2) is 20.1 Å². The van der Waals surface area contributed by atoms with E-state index < -0.39 is 0 Å². The van der Waals surface area contributed by atoms with Gasteiger partial charge in [0.1, 0.15) is 0 Å². The minimum absolute atomic E-state index is 0.699. The summed E-state index contributed by atoms with van der Waals surface area (Å²) in [4.78, 5) is 0. The molecule has 2 unspecified atom stereocenters. The van der Waals surface area contributed by atoms with Crippen molar-refractivity contribution in [2.24, 2.45) is 11.8 Å². The first-order valence-corrected chi connectivity index (χ1v) is 4.68. The Balaban J connectivity index is 2.08. The molecule has 2 heteroatoms. The zero-order chi connectivity index (χ0) is 8.39. The van der Waals surface area contributed by atoms with E-state index in [1.165, 1.54) is 12.1 Å². The fraction of sp³-hybridized carbons (Fsp3) is 0.600. The van der Waals surface area contributed by atoms with Gasteiger partial charge in [-0.15, -0.1) is 0 Å². The van der Waals surface area contributed by atoms with E-state index in [9.17, 15) is 0 Å². The SMILES string of the molecule is CNCC1C=CC=C2NCCC21. The van der Waals surface area contributed by atoms with Crippen LogP contribution in [0.4, 0.5) is 0 Å². The van der Waals surface area contributed by atoms with Gasteiger partial charge in [0, 0.05) is 24.7 Å². The van der Waals surface area contributed by atoms with E-state index in [2.05, 4.69) is 28.9 Å². The second-order valence-corrected chi connectivity index (χ2v) is 3.55. The number of hydrogen-bond acceptors (Lipinski definition) is 2. The number of allylic oxidation sites excluding steroid dienone is 3. The van der Waals surface area contributed by atoms with Gasteiger partial charge >= 0.3 is 0 Å². The van der Waals surface area contributed by atoms with E-state index in [1.807, 2.05) is 7.05 Å². The Bertz CT molecular complexity index is 218. The van der Waals surface area contributed by atoms with E-state index in [-0.39, 0.29) is 0 Å². The van der Waals surface area contributed by atoms with Gasteiger partial charge < -0.3 is 10.6 Å². The minimum atomic E-state index is 0.699. The van der Waals surface area contributed by atoms with Crippen molar-refractivity contribution in [3.05, 3.63) is 23.9 Å². The summed E-state index contributed by atoms with van der Waals surface area (Å²) in [6.45, 7) is 2.25. The lowest BCUT2D eigenvalue weighted by Gasteiger charge is -2.23. The zero-order valence-electron chi connectivity index (χ0n) is 7.51. The normalized spacial score (nSPS) is 32.6. The summed E-state index contributed by atoms with van der Waals surface area (Å²) in [5, 5.41) is 6.67. The van der Waals surface area contributed by atoms with Crippen molar-refractivity contribution in [1.29, 1.82) is 0 Å². The quantitative estimate of drug-likeness (QED) is 0.633. The molecule has 0 aromatic rings. The Labute approximate surface area is 73.7 Å². The van der Waals surface area contributed by atoms with E-state index in [0.29, 0.717) is 5.92 Å². The number of hydrogen-bond donors (Lipinski definition) is 2. The molecule has 2 nitrogen and oxygen atoms in total. The fourth-order valence-corrected chi connectivity index (χ4v) is 2.17. The first-order chi connectivity index (χ1) is 5.92. The molecule has 0 radical (unpaired) electrons. The van der Waals surface area contributed by atoms with Crippen LogP contribution in [0.2, 0.25) is 0 Å². The molecule has 2 rings (SSSR count). The molecule has 0 spiro atoms. The third-order valence-corrected chi connectivity index (χ3v) is 2.77. The van der Waals surface area contributed by atoms with Crippen molar-refractivity contribution in [3.63, 3.8) is 0 Å². The van der Waals surface area contributed by atoms with Crippen LogP contribution in [0.25, 0.3) is 0 Å². The topological polar surface area (TPSA) is 24.1 Å². The van der Waals surface area contributed by atoms with Crippen molar-refractivity contribution in [2.75, 3.05) is 20.1 Å². The summed E-state index contributed by atoms with van der Waals surface area (Å²) < 4.78 is 0. The lowest BCUT2D eigenvalue weighted by Crippen LogP contribution is -2.26. The summed E-state index contributed by atoms with van der Waals surface area (Å²) >= 11 is 0. The Morgan fingerprint density at radius 1 is 1.67 bits per heavy atom. The highest BCUT2D eigenvalue weighted by Crippen LogP contribution is 2.30. The summed E-state index contributed by atoms with van der Waals surface area (Å²) in [6, 6.07) is 0. The van der Waals surface area contributed by atoms with Crippen molar-refractivity contribution < 1.29 is 0 Å². The Morgan fingerprint density at radius 2 is 2.58 bits per heavy atom. The van der Waals surface area contributed by atoms with Crippen LogP contribution in [0.5, 0.6) is 0 Å². The maximum Gasteiger partial charge on any atom is 0.0150 e. The molecule has 2 atom stereocenters. The van der Waals surface area contributed by atoms with Gasteiger partial charge in [0.2, 0.25) is 0 Å². The third kappa shape index (κ3) is 1.27. The zero-order valence-corrected chi connectivity index (χ0v) is 7.51. The molecule has 12 heavy (non-hydrogen) atoms. The number of nitrogens with one attached hydrogen (secondary N) is 2. The largest absolute Gasteiger partial charge is 0.388 e. The highest BCUT2D eigenvalue weighted by Gasteiger charge is 2.28. The molecule has 0 saturated carbocycles. The second-order valence-electron chi connectivity index (χ2n) is 3.55. The summed E-state index contributed by atoms with van der Waals surface area (Å²) in [6.07, 6.45) is 8.00. The predicted molar refractivity (Wildman–Crippen MR) is 50.7 cm³/mol.